The van der Waals surface area contributed by atoms with Gasteiger partial charge in [0.2, 0.25) is 0 Å². The van der Waals surface area contributed by atoms with Gasteiger partial charge >= 0.3 is 0 Å². The normalized spacial score (nSPS) is 11.9. The van der Waals surface area contributed by atoms with Gasteiger partial charge in [-0.2, -0.15) is 0 Å². The van der Waals surface area contributed by atoms with Gasteiger partial charge < -0.3 is 5.32 Å². The Balaban J connectivity index is 1.76. The number of hydrogen-bond acceptors (Lipinski definition) is 2. The van der Waals surface area contributed by atoms with E-state index < -0.39 is 0 Å². The lowest BCUT2D eigenvalue weighted by Crippen LogP contribution is -2.23. The summed E-state index contributed by atoms with van der Waals surface area (Å²) in [6.45, 7) is 0.726. The number of carbonyl (C=O) groups excluding carboxylic acids is 1. The van der Waals surface area contributed by atoms with E-state index in [1.165, 1.54) is 5.56 Å². The predicted molar refractivity (Wildman–Crippen MR) is 106 cm³/mol. The molecule has 0 aliphatic heterocycles. The molecule has 1 unspecified atom stereocenters. The quantitative estimate of drug-likeness (QED) is 0.532. The van der Waals surface area contributed by atoms with Gasteiger partial charge in [-0.3, -0.25) is 4.79 Å². The minimum absolute atomic E-state index is 0.0268. The highest BCUT2D eigenvalue weighted by Crippen LogP contribution is 2.22. The molecule has 1 atom stereocenters. The molecule has 25 heavy (non-hydrogen) atoms. The van der Waals surface area contributed by atoms with E-state index in [9.17, 15) is 4.79 Å². The smallest absolute Gasteiger partial charge is 0.164 e. The van der Waals surface area contributed by atoms with Crippen molar-refractivity contribution in [2.45, 2.75) is 19.0 Å². The van der Waals surface area contributed by atoms with E-state index in [-0.39, 0.29) is 11.8 Å². The molecular weight excluding hydrogens is 374 g/mol. The number of ketones is 1. The van der Waals surface area contributed by atoms with Gasteiger partial charge in [0.05, 0.1) is 0 Å². The lowest BCUT2D eigenvalue weighted by atomic mass is 9.97. The third-order valence-electron chi connectivity index (χ3n) is 4.15. The van der Waals surface area contributed by atoms with Gasteiger partial charge in [0.15, 0.2) is 5.78 Å². The van der Waals surface area contributed by atoms with Crippen molar-refractivity contribution in [1.29, 1.82) is 0 Å². The zero-order valence-electron chi connectivity index (χ0n) is 13.9. The Bertz CT molecular complexity index is 800. The van der Waals surface area contributed by atoms with E-state index in [1.807, 2.05) is 60.7 Å². The topological polar surface area (TPSA) is 29.1 Å². The van der Waals surface area contributed by atoms with Crippen molar-refractivity contribution < 1.29 is 4.79 Å². The summed E-state index contributed by atoms with van der Waals surface area (Å²) in [6, 6.07) is 27.8. The summed E-state index contributed by atoms with van der Waals surface area (Å²) in [5.41, 5.74) is 3.08. The van der Waals surface area contributed by atoms with Crippen molar-refractivity contribution in [2.24, 2.45) is 0 Å². The molecule has 0 amide bonds. The van der Waals surface area contributed by atoms with Crippen molar-refractivity contribution in [3.8, 4) is 0 Å². The van der Waals surface area contributed by atoms with Gasteiger partial charge in [0.25, 0.3) is 0 Å². The fourth-order valence-electron chi connectivity index (χ4n) is 2.77. The van der Waals surface area contributed by atoms with Crippen LogP contribution in [0.2, 0.25) is 0 Å². The largest absolute Gasteiger partial charge is 0.305 e. The van der Waals surface area contributed by atoms with Gasteiger partial charge in [-0.05, 0) is 23.3 Å². The molecule has 0 aromatic heterocycles. The third kappa shape index (κ3) is 5.12. The van der Waals surface area contributed by atoms with Crippen molar-refractivity contribution in [1.82, 2.24) is 5.32 Å². The van der Waals surface area contributed by atoms with Crippen molar-refractivity contribution >= 4 is 21.7 Å². The number of rotatable bonds is 7. The van der Waals surface area contributed by atoms with Crippen LogP contribution in [0.5, 0.6) is 0 Å². The maximum absolute atomic E-state index is 12.7. The van der Waals surface area contributed by atoms with E-state index in [1.54, 1.807) is 0 Å². The van der Waals surface area contributed by atoms with Crippen molar-refractivity contribution in [3.63, 3.8) is 0 Å². The molecule has 0 bridgehead atoms. The first kappa shape index (κ1) is 17.6. The SMILES string of the molecule is O=C(CC(NCc1ccccc1)c1ccc(Br)cc1)c1ccccc1. The van der Waals surface area contributed by atoms with Crippen LogP contribution in [0.1, 0.15) is 33.9 Å². The Morgan fingerprint density at radius 3 is 2.08 bits per heavy atom. The molecule has 0 spiro atoms. The summed E-state index contributed by atoms with van der Waals surface area (Å²) < 4.78 is 1.03. The molecule has 0 aliphatic carbocycles. The van der Waals surface area contributed by atoms with Crippen LogP contribution in [0.3, 0.4) is 0 Å². The second-order valence-corrected chi connectivity index (χ2v) is 6.88. The molecule has 0 heterocycles. The molecule has 3 heteroatoms. The van der Waals surface area contributed by atoms with Crippen LogP contribution in [0.15, 0.2) is 89.4 Å². The molecule has 1 N–H and O–H groups in total. The molecule has 126 valence electrons. The Kier molecular flexibility index (Phi) is 6.15. The number of carbonyl (C=O) groups is 1. The first-order valence-electron chi connectivity index (χ1n) is 8.33. The summed E-state index contributed by atoms with van der Waals surface area (Å²) >= 11 is 3.47. The van der Waals surface area contributed by atoms with Crippen LogP contribution >= 0.6 is 15.9 Å². The average molecular weight is 394 g/mol. The highest BCUT2D eigenvalue weighted by atomic mass is 79.9. The van der Waals surface area contributed by atoms with E-state index in [0.29, 0.717) is 6.42 Å². The fourth-order valence-corrected chi connectivity index (χ4v) is 3.03. The lowest BCUT2D eigenvalue weighted by Gasteiger charge is -2.19. The molecular formula is C22H20BrNO. The first-order chi connectivity index (χ1) is 12.2. The van der Waals surface area contributed by atoms with Crippen LogP contribution in [-0.2, 0) is 6.54 Å². The summed E-state index contributed by atoms with van der Waals surface area (Å²) in [4.78, 5) is 12.7. The van der Waals surface area contributed by atoms with Gasteiger partial charge in [-0.25, -0.2) is 0 Å². The van der Waals surface area contributed by atoms with Gasteiger partial charge in [-0.15, -0.1) is 0 Å². The summed E-state index contributed by atoms with van der Waals surface area (Å²) in [5, 5.41) is 3.54. The molecule has 3 rings (SSSR count). The van der Waals surface area contributed by atoms with Gasteiger partial charge in [0, 0.05) is 29.0 Å². The predicted octanol–water partition coefficient (Wildman–Crippen LogP) is 5.55. The number of Topliss-reactive ketones (excluding diaryl/α,β-unsaturated/α-hetero) is 1. The number of nitrogens with one attached hydrogen (secondary N) is 1. The minimum Gasteiger partial charge on any atom is -0.305 e. The lowest BCUT2D eigenvalue weighted by molar-refractivity contribution is 0.0968. The summed E-state index contributed by atoms with van der Waals surface area (Å²) in [7, 11) is 0. The van der Waals surface area contributed by atoms with Crippen molar-refractivity contribution in [2.75, 3.05) is 0 Å². The Morgan fingerprint density at radius 1 is 0.840 bits per heavy atom. The summed E-state index contributed by atoms with van der Waals surface area (Å²) in [5.74, 6) is 0.147. The van der Waals surface area contributed by atoms with E-state index >= 15 is 0 Å². The molecule has 0 aliphatic rings. The zero-order chi connectivity index (χ0) is 17.5. The number of hydrogen-bond donors (Lipinski definition) is 1. The zero-order valence-corrected chi connectivity index (χ0v) is 15.4. The molecule has 0 fully saturated rings. The molecule has 0 radical (unpaired) electrons. The second kappa shape index (κ2) is 8.75. The molecule has 3 aromatic rings. The Hall–Kier alpha value is -2.23. The molecule has 3 aromatic carbocycles. The van der Waals surface area contributed by atoms with Gasteiger partial charge in [0.1, 0.15) is 0 Å². The first-order valence-corrected chi connectivity index (χ1v) is 9.13. The third-order valence-corrected chi connectivity index (χ3v) is 4.68. The van der Waals surface area contributed by atoms with Crippen LogP contribution in [0.25, 0.3) is 0 Å². The monoisotopic (exact) mass is 393 g/mol. The van der Waals surface area contributed by atoms with Gasteiger partial charge in [-0.1, -0.05) is 88.7 Å². The van der Waals surface area contributed by atoms with E-state index in [2.05, 4.69) is 45.5 Å². The van der Waals surface area contributed by atoms with Crippen LogP contribution in [0, 0.1) is 0 Å². The summed E-state index contributed by atoms with van der Waals surface area (Å²) in [6.07, 6.45) is 0.429. The number of halogens is 1. The van der Waals surface area contributed by atoms with Crippen LogP contribution in [-0.4, -0.2) is 5.78 Å². The highest BCUT2D eigenvalue weighted by Gasteiger charge is 2.17. The minimum atomic E-state index is -0.0268. The van der Waals surface area contributed by atoms with Crippen LogP contribution < -0.4 is 5.32 Å². The maximum Gasteiger partial charge on any atom is 0.164 e. The Labute approximate surface area is 157 Å². The maximum atomic E-state index is 12.7. The molecule has 2 nitrogen and oxygen atoms in total. The van der Waals surface area contributed by atoms with Crippen molar-refractivity contribution in [3.05, 3.63) is 106 Å². The van der Waals surface area contributed by atoms with Crippen LogP contribution in [0.4, 0.5) is 0 Å². The Morgan fingerprint density at radius 2 is 1.44 bits per heavy atom. The highest BCUT2D eigenvalue weighted by molar-refractivity contribution is 9.10. The van der Waals surface area contributed by atoms with E-state index in [0.717, 1.165) is 22.1 Å². The van der Waals surface area contributed by atoms with E-state index in [4.69, 9.17) is 0 Å². The molecule has 0 saturated carbocycles. The molecule has 0 saturated heterocycles. The second-order valence-electron chi connectivity index (χ2n) is 5.96. The number of benzene rings is 3. The fraction of sp³-hybridized carbons (Fsp3) is 0.136. The standard InChI is InChI=1S/C22H20BrNO/c23-20-13-11-18(12-14-20)21(24-16-17-7-3-1-4-8-17)15-22(25)19-9-5-2-6-10-19/h1-14,21,24H,15-16H2. The average Bonchev–Trinajstić information content (AvgIpc) is 2.67.